The van der Waals surface area contributed by atoms with Gasteiger partial charge >= 0.3 is 5.97 Å². The molecule has 2 heterocycles. The average Bonchev–Trinajstić information content (AvgIpc) is 2.80. The molecule has 3 rings (SSSR count). The van der Waals surface area contributed by atoms with Gasteiger partial charge in [0.05, 0.1) is 6.04 Å². The summed E-state index contributed by atoms with van der Waals surface area (Å²) in [5, 5.41) is 16.0. The molecule has 1 aliphatic heterocycles. The maximum Gasteiger partial charge on any atom is 0.311 e. The number of hydrogen-bond donors (Lipinski definition) is 2. The summed E-state index contributed by atoms with van der Waals surface area (Å²) in [7, 11) is 0. The van der Waals surface area contributed by atoms with Crippen molar-refractivity contribution in [1.82, 2.24) is 14.8 Å². The Bertz CT molecular complexity index is 656. The fraction of sp³-hybridized carbons (Fsp3) is 0.308. The van der Waals surface area contributed by atoms with Gasteiger partial charge in [0, 0.05) is 12.1 Å². The van der Waals surface area contributed by atoms with Crippen molar-refractivity contribution in [3.63, 3.8) is 0 Å². The predicted octanol–water partition coefficient (Wildman–Crippen LogP) is 1.45. The van der Waals surface area contributed by atoms with Gasteiger partial charge in [-0.3, -0.25) is 4.79 Å². The van der Waals surface area contributed by atoms with Crippen molar-refractivity contribution in [2.45, 2.75) is 18.9 Å². The van der Waals surface area contributed by atoms with Gasteiger partial charge in [0.25, 0.3) is 0 Å². The second-order valence-electron chi connectivity index (χ2n) is 4.62. The Balaban J connectivity index is 1.99. The zero-order valence-corrected chi connectivity index (χ0v) is 10.6. The minimum absolute atomic E-state index is 0.225. The van der Waals surface area contributed by atoms with Crippen LogP contribution in [0.3, 0.4) is 0 Å². The highest BCUT2D eigenvalue weighted by atomic mass is 19.1. The summed E-state index contributed by atoms with van der Waals surface area (Å²) < 4.78 is 15.5. The quantitative estimate of drug-likeness (QED) is 0.887. The number of halogens is 1. The average molecular weight is 276 g/mol. The van der Waals surface area contributed by atoms with Crippen LogP contribution in [0.4, 0.5) is 10.3 Å². The first-order valence-corrected chi connectivity index (χ1v) is 6.30. The topological polar surface area (TPSA) is 80.0 Å². The van der Waals surface area contributed by atoms with Gasteiger partial charge < -0.3 is 10.4 Å². The number of nitrogens with one attached hydrogen (secondary N) is 1. The molecule has 1 unspecified atom stereocenters. The summed E-state index contributed by atoms with van der Waals surface area (Å²) in [5.41, 5.74) is 0.544. The smallest absolute Gasteiger partial charge is 0.311 e. The minimum Gasteiger partial charge on any atom is -0.481 e. The van der Waals surface area contributed by atoms with Gasteiger partial charge in [0.2, 0.25) is 5.95 Å². The van der Waals surface area contributed by atoms with E-state index in [1.165, 1.54) is 6.07 Å². The van der Waals surface area contributed by atoms with E-state index in [1.54, 1.807) is 22.9 Å². The van der Waals surface area contributed by atoms with E-state index in [4.69, 9.17) is 5.11 Å². The van der Waals surface area contributed by atoms with E-state index in [0.29, 0.717) is 24.5 Å². The summed E-state index contributed by atoms with van der Waals surface area (Å²) in [6.07, 6.45) is 0.426. The van der Waals surface area contributed by atoms with Gasteiger partial charge in [-0.05, 0) is 12.5 Å². The first kappa shape index (κ1) is 12.6. The van der Waals surface area contributed by atoms with E-state index in [2.05, 4.69) is 15.4 Å². The van der Waals surface area contributed by atoms with Crippen LogP contribution in [0.1, 0.15) is 23.9 Å². The highest BCUT2D eigenvalue weighted by Crippen LogP contribution is 2.29. The van der Waals surface area contributed by atoms with Crippen LogP contribution >= 0.6 is 0 Å². The van der Waals surface area contributed by atoms with Crippen molar-refractivity contribution in [3.05, 3.63) is 41.5 Å². The highest BCUT2D eigenvalue weighted by Gasteiger charge is 2.26. The molecule has 1 aliphatic rings. The van der Waals surface area contributed by atoms with Gasteiger partial charge in [0.15, 0.2) is 5.82 Å². The number of carbonyl (C=O) groups is 1. The Hall–Kier alpha value is -2.44. The number of benzene rings is 1. The number of aliphatic carboxylic acids is 1. The summed E-state index contributed by atoms with van der Waals surface area (Å²) in [6.45, 7) is 0.643. The number of anilines is 1. The Kier molecular flexibility index (Phi) is 3.09. The number of nitrogens with zero attached hydrogens (tertiary/aromatic N) is 3. The van der Waals surface area contributed by atoms with Crippen molar-refractivity contribution in [2.24, 2.45) is 0 Å². The molecule has 104 valence electrons. The highest BCUT2D eigenvalue weighted by molar-refractivity contribution is 5.69. The lowest BCUT2D eigenvalue weighted by molar-refractivity contribution is -0.136. The van der Waals surface area contributed by atoms with Crippen LogP contribution < -0.4 is 5.32 Å². The van der Waals surface area contributed by atoms with E-state index in [0.717, 1.165) is 0 Å². The largest absolute Gasteiger partial charge is 0.481 e. The van der Waals surface area contributed by atoms with Gasteiger partial charge in [-0.15, -0.1) is 0 Å². The Labute approximate surface area is 114 Å². The second kappa shape index (κ2) is 4.92. The number of carboxylic acids is 1. The van der Waals surface area contributed by atoms with Crippen molar-refractivity contribution in [1.29, 1.82) is 0 Å². The number of fused-ring (bicyclic) bond motifs is 1. The molecule has 20 heavy (non-hydrogen) atoms. The number of rotatable bonds is 3. The molecular formula is C13H13FN4O2. The van der Waals surface area contributed by atoms with E-state index in [-0.39, 0.29) is 24.1 Å². The molecule has 1 aromatic heterocycles. The normalized spacial score (nSPS) is 17.4. The SMILES string of the molecule is O=C(O)Cc1nc2n(n1)C(c1ccccc1F)CCN2. The maximum absolute atomic E-state index is 13.9. The third-order valence-electron chi connectivity index (χ3n) is 3.24. The molecule has 2 N–H and O–H groups in total. The first-order valence-electron chi connectivity index (χ1n) is 6.30. The fourth-order valence-corrected chi connectivity index (χ4v) is 2.39. The lowest BCUT2D eigenvalue weighted by Gasteiger charge is -2.24. The number of hydrogen-bond acceptors (Lipinski definition) is 4. The third-order valence-corrected chi connectivity index (χ3v) is 3.24. The summed E-state index contributed by atoms with van der Waals surface area (Å²) >= 11 is 0. The molecular weight excluding hydrogens is 263 g/mol. The van der Waals surface area contributed by atoms with Crippen LogP contribution in [0.25, 0.3) is 0 Å². The van der Waals surface area contributed by atoms with Crippen LogP contribution in [0.15, 0.2) is 24.3 Å². The lowest BCUT2D eigenvalue weighted by atomic mass is 10.0. The molecule has 0 fully saturated rings. The maximum atomic E-state index is 13.9. The Morgan fingerprint density at radius 3 is 3.05 bits per heavy atom. The molecule has 0 saturated heterocycles. The van der Waals surface area contributed by atoms with Gasteiger partial charge in [-0.25, -0.2) is 9.07 Å². The molecule has 0 aliphatic carbocycles. The Morgan fingerprint density at radius 1 is 1.50 bits per heavy atom. The van der Waals surface area contributed by atoms with Crippen molar-refractivity contribution < 1.29 is 14.3 Å². The number of aromatic nitrogens is 3. The summed E-state index contributed by atoms with van der Waals surface area (Å²) in [6, 6.07) is 6.27. The predicted molar refractivity (Wildman–Crippen MR) is 69.0 cm³/mol. The van der Waals surface area contributed by atoms with Gasteiger partial charge in [-0.2, -0.15) is 10.1 Å². The molecule has 2 aromatic rings. The zero-order valence-electron chi connectivity index (χ0n) is 10.6. The molecule has 1 aromatic carbocycles. The Morgan fingerprint density at radius 2 is 2.30 bits per heavy atom. The minimum atomic E-state index is -0.990. The van der Waals surface area contributed by atoms with E-state index in [1.807, 2.05) is 0 Å². The van der Waals surface area contributed by atoms with E-state index < -0.39 is 5.97 Å². The second-order valence-corrected chi connectivity index (χ2v) is 4.62. The van der Waals surface area contributed by atoms with Crippen molar-refractivity contribution in [3.8, 4) is 0 Å². The van der Waals surface area contributed by atoms with Crippen LogP contribution in [-0.2, 0) is 11.2 Å². The molecule has 6 nitrogen and oxygen atoms in total. The number of carboxylic acid groups (broad SMARTS) is 1. The molecule has 1 atom stereocenters. The molecule has 0 spiro atoms. The lowest BCUT2D eigenvalue weighted by Crippen LogP contribution is -2.25. The third kappa shape index (κ3) is 2.22. The van der Waals surface area contributed by atoms with Crippen molar-refractivity contribution >= 4 is 11.9 Å². The summed E-state index contributed by atoms with van der Waals surface area (Å²) in [4.78, 5) is 14.9. The van der Waals surface area contributed by atoms with Crippen LogP contribution in [0, 0.1) is 5.82 Å². The molecule has 0 amide bonds. The van der Waals surface area contributed by atoms with E-state index in [9.17, 15) is 9.18 Å². The van der Waals surface area contributed by atoms with E-state index >= 15 is 0 Å². The van der Waals surface area contributed by atoms with Crippen molar-refractivity contribution in [2.75, 3.05) is 11.9 Å². The molecule has 0 bridgehead atoms. The fourth-order valence-electron chi connectivity index (χ4n) is 2.39. The van der Waals surface area contributed by atoms with Gasteiger partial charge in [-0.1, -0.05) is 18.2 Å². The molecule has 0 saturated carbocycles. The monoisotopic (exact) mass is 276 g/mol. The first-order chi connectivity index (χ1) is 9.65. The summed E-state index contributed by atoms with van der Waals surface area (Å²) in [5.74, 6) is -0.569. The molecule has 0 radical (unpaired) electrons. The van der Waals surface area contributed by atoms with Crippen LogP contribution in [0.5, 0.6) is 0 Å². The van der Waals surface area contributed by atoms with Gasteiger partial charge in [0.1, 0.15) is 12.2 Å². The zero-order chi connectivity index (χ0) is 14.1. The molecule has 7 heteroatoms. The standard InChI is InChI=1S/C13H13FN4O2/c14-9-4-2-1-3-8(9)10-5-6-15-13-16-11(7-12(19)20)17-18(10)13/h1-4,10H,5-7H2,(H,19,20)(H,15,16,17). The van der Waals surface area contributed by atoms with Crippen LogP contribution in [-0.4, -0.2) is 32.4 Å². The van der Waals surface area contributed by atoms with Crippen LogP contribution in [0.2, 0.25) is 0 Å².